The summed E-state index contributed by atoms with van der Waals surface area (Å²) in [6, 6.07) is 3.43. The van der Waals surface area contributed by atoms with E-state index in [2.05, 4.69) is 25.9 Å². The summed E-state index contributed by atoms with van der Waals surface area (Å²) in [7, 11) is 0. The maximum Gasteiger partial charge on any atom is 0.435 e. The molecule has 0 radical (unpaired) electrons. The molecule has 0 saturated carbocycles. The average Bonchev–Trinajstić information content (AvgIpc) is 3.68. The summed E-state index contributed by atoms with van der Waals surface area (Å²) in [5.41, 5.74) is 1.41. The van der Waals surface area contributed by atoms with E-state index in [4.69, 9.17) is 19.1 Å². The smallest absolute Gasteiger partial charge is 0.435 e. The fraction of sp³-hybridized carbons (Fsp3) is 0.567. The lowest BCUT2D eigenvalue weighted by Crippen LogP contribution is -2.35. The Morgan fingerprint density at radius 2 is 1.35 bits per heavy atom. The lowest BCUT2D eigenvalue weighted by Gasteiger charge is -2.27. The van der Waals surface area contributed by atoms with Crippen LogP contribution in [-0.2, 0) is 23.9 Å². The van der Waals surface area contributed by atoms with Gasteiger partial charge in [0.25, 0.3) is 0 Å². The number of anilines is 1. The minimum absolute atomic E-state index is 0.112. The lowest BCUT2D eigenvalue weighted by atomic mass is 10.1. The molecule has 2 aromatic heterocycles. The zero-order chi connectivity index (χ0) is 31.4. The van der Waals surface area contributed by atoms with E-state index in [-0.39, 0.29) is 18.0 Å². The van der Waals surface area contributed by atoms with Crippen LogP contribution < -0.4 is 4.90 Å². The number of hydroxylamine groups is 4. The van der Waals surface area contributed by atoms with E-state index in [1.807, 2.05) is 53.7 Å². The highest BCUT2D eigenvalue weighted by Crippen LogP contribution is 2.34. The molecule has 0 aliphatic carbocycles. The summed E-state index contributed by atoms with van der Waals surface area (Å²) in [5, 5.41) is 2.58. The van der Waals surface area contributed by atoms with Gasteiger partial charge in [0.2, 0.25) is 5.91 Å². The van der Waals surface area contributed by atoms with Gasteiger partial charge < -0.3 is 14.4 Å². The average molecular weight is 663 g/mol. The normalized spacial score (nSPS) is 20.6. The molecule has 5 heterocycles. The fourth-order valence-corrected chi connectivity index (χ4v) is 5.21. The fourth-order valence-electron chi connectivity index (χ4n) is 4.82. The number of hydrogen-bond acceptors (Lipinski definition) is 9. The number of carbonyl (C=O) groups is 3. The van der Waals surface area contributed by atoms with E-state index in [9.17, 15) is 14.4 Å². The summed E-state index contributed by atoms with van der Waals surface area (Å²) >= 11 is 3.38. The van der Waals surface area contributed by atoms with Crippen LogP contribution in [0.4, 0.5) is 15.3 Å². The molecular weight excluding hydrogens is 622 g/mol. The highest BCUT2D eigenvalue weighted by molar-refractivity contribution is 9.10. The molecule has 3 aliphatic heterocycles. The van der Waals surface area contributed by atoms with Crippen LogP contribution in [0.1, 0.15) is 90.4 Å². The first kappa shape index (κ1) is 32.6. The number of ether oxygens (including phenoxy) is 2. The van der Waals surface area contributed by atoms with Crippen molar-refractivity contribution in [2.75, 3.05) is 24.7 Å². The van der Waals surface area contributed by atoms with Crippen LogP contribution in [-0.4, -0.2) is 69.1 Å². The van der Waals surface area contributed by atoms with Crippen molar-refractivity contribution in [3.05, 3.63) is 52.5 Å². The molecule has 0 bridgehead atoms. The topological polar surface area (TPSA) is 124 Å². The summed E-state index contributed by atoms with van der Waals surface area (Å²) in [4.78, 5) is 57.3. The lowest BCUT2D eigenvalue weighted by molar-refractivity contribution is -0.125. The van der Waals surface area contributed by atoms with Gasteiger partial charge in [-0.2, -0.15) is 10.1 Å². The van der Waals surface area contributed by atoms with Crippen molar-refractivity contribution in [1.29, 1.82) is 0 Å². The Morgan fingerprint density at radius 1 is 0.837 bits per heavy atom. The molecule has 0 aromatic carbocycles. The van der Waals surface area contributed by atoms with Crippen molar-refractivity contribution in [3.8, 4) is 0 Å². The summed E-state index contributed by atoms with van der Waals surface area (Å²) in [5.74, 6) is 0.112. The van der Waals surface area contributed by atoms with E-state index in [1.54, 1.807) is 29.7 Å². The number of carbonyl (C=O) groups excluding carboxylic acids is 3. The Kier molecular flexibility index (Phi) is 10.3. The van der Waals surface area contributed by atoms with Gasteiger partial charge >= 0.3 is 12.2 Å². The molecule has 234 valence electrons. The number of rotatable bonds is 3. The molecule has 3 aliphatic rings. The van der Waals surface area contributed by atoms with Gasteiger partial charge in [-0.05, 0) is 87.2 Å². The molecule has 3 fully saturated rings. The highest BCUT2D eigenvalue weighted by Gasteiger charge is 2.37. The monoisotopic (exact) mass is 661 g/mol. The molecule has 12 nitrogen and oxygen atoms in total. The van der Waals surface area contributed by atoms with Crippen LogP contribution in [0.3, 0.4) is 0 Å². The van der Waals surface area contributed by atoms with Gasteiger partial charge in [-0.3, -0.25) is 24.4 Å². The highest BCUT2D eigenvalue weighted by atomic mass is 79.9. The molecule has 0 N–H and O–H groups in total. The Labute approximate surface area is 260 Å². The van der Waals surface area contributed by atoms with E-state index in [0.717, 1.165) is 34.1 Å². The standard InChI is InChI=1S/C17H23N3O4.C13H17BrN2O3/c1-17(2,3)24-16(22)20-14(6-8-23-20)12-9-13(11-18-10-12)19-7-4-5-15(19)21;1-13(2,3)19-12(17)16-11(4-5-18-16)9-6-10(14)8-15-7-9/h9-11,14H,4-8H2,1-3H3;6-8,11H,4-5H2,1-3H3/t14-;11-/m00/s1. The Hall–Kier alpha value is -3.29. The zero-order valence-electron chi connectivity index (χ0n) is 25.5. The second-order valence-electron chi connectivity index (χ2n) is 12.4. The van der Waals surface area contributed by atoms with Crippen molar-refractivity contribution in [1.82, 2.24) is 20.1 Å². The molecular formula is C30H40BrN5O7. The van der Waals surface area contributed by atoms with Crippen molar-refractivity contribution in [2.45, 2.75) is 90.5 Å². The van der Waals surface area contributed by atoms with Crippen molar-refractivity contribution >= 4 is 39.7 Å². The van der Waals surface area contributed by atoms with Crippen molar-refractivity contribution in [2.24, 2.45) is 0 Å². The number of nitrogens with zero attached hydrogens (tertiary/aromatic N) is 5. The van der Waals surface area contributed by atoms with E-state index in [1.165, 1.54) is 10.1 Å². The maximum absolute atomic E-state index is 12.3. The minimum atomic E-state index is -0.588. The third-order valence-corrected chi connectivity index (χ3v) is 7.02. The molecule has 2 atom stereocenters. The van der Waals surface area contributed by atoms with Crippen LogP contribution in [0.15, 0.2) is 41.4 Å². The van der Waals surface area contributed by atoms with Gasteiger partial charge in [0.1, 0.15) is 11.2 Å². The SMILES string of the molecule is CC(C)(C)OC(=O)N1OCC[C@H]1c1cncc(Br)c1.CC(C)(C)OC(=O)N1OCC[C@H]1c1cncc(N2CCCC2=O)c1. The van der Waals surface area contributed by atoms with Gasteiger partial charge in [0, 0.05) is 48.9 Å². The van der Waals surface area contributed by atoms with Gasteiger partial charge in [-0.25, -0.2) is 9.59 Å². The van der Waals surface area contributed by atoms with Gasteiger partial charge in [0.15, 0.2) is 0 Å². The van der Waals surface area contributed by atoms with Crippen LogP contribution in [0.5, 0.6) is 0 Å². The molecule has 5 rings (SSSR count). The summed E-state index contributed by atoms with van der Waals surface area (Å²) in [6.07, 6.45) is 8.69. The zero-order valence-corrected chi connectivity index (χ0v) is 27.1. The Morgan fingerprint density at radius 3 is 1.81 bits per heavy atom. The summed E-state index contributed by atoms with van der Waals surface area (Å²) in [6.45, 7) is 12.6. The Bertz CT molecular complexity index is 1310. The van der Waals surface area contributed by atoms with Crippen LogP contribution in [0.25, 0.3) is 0 Å². The number of pyridine rings is 2. The summed E-state index contributed by atoms with van der Waals surface area (Å²) < 4.78 is 11.6. The molecule has 43 heavy (non-hydrogen) atoms. The first-order valence-electron chi connectivity index (χ1n) is 14.4. The number of halogens is 1. The maximum atomic E-state index is 12.3. The number of aromatic nitrogens is 2. The molecule has 2 aromatic rings. The van der Waals surface area contributed by atoms with E-state index >= 15 is 0 Å². The second kappa shape index (κ2) is 13.6. The van der Waals surface area contributed by atoms with Gasteiger partial charge in [0.05, 0.1) is 37.2 Å². The van der Waals surface area contributed by atoms with E-state index < -0.39 is 23.4 Å². The third kappa shape index (κ3) is 8.87. The first-order chi connectivity index (χ1) is 20.2. The third-order valence-electron chi connectivity index (χ3n) is 6.58. The molecule has 0 unspecified atom stereocenters. The second-order valence-corrected chi connectivity index (χ2v) is 13.4. The van der Waals surface area contributed by atoms with Crippen LogP contribution >= 0.6 is 15.9 Å². The largest absolute Gasteiger partial charge is 0.442 e. The predicted molar refractivity (Wildman–Crippen MR) is 161 cm³/mol. The first-order valence-corrected chi connectivity index (χ1v) is 15.2. The van der Waals surface area contributed by atoms with Crippen molar-refractivity contribution in [3.63, 3.8) is 0 Å². The van der Waals surface area contributed by atoms with Crippen molar-refractivity contribution < 1.29 is 33.5 Å². The molecule has 0 spiro atoms. The van der Waals surface area contributed by atoms with Crippen LogP contribution in [0, 0.1) is 0 Å². The van der Waals surface area contributed by atoms with Crippen LogP contribution in [0.2, 0.25) is 0 Å². The molecule has 13 heteroatoms. The predicted octanol–water partition coefficient (Wildman–Crippen LogP) is 6.28. The number of amides is 3. The minimum Gasteiger partial charge on any atom is -0.442 e. The Balaban J connectivity index is 0.000000203. The number of hydrogen-bond donors (Lipinski definition) is 0. The van der Waals surface area contributed by atoms with E-state index in [0.29, 0.717) is 32.6 Å². The molecule has 3 amide bonds. The quantitative estimate of drug-likeness (QED) is 0.374. The van der Waals surface area contributed by atoms with Gasteiger partial charge in [-0.1, -0.05) is 0 Å². The molecule has 3 saturated heterocycles. The van der Waals surface area contributed by atoms with Gasteiger partial charge in [-0.15, -0.1) is 0 Å².